The highest BCUT2D eigenvalue weighted by atomic mass is 16.5. The van der Waals surface area contributed by atoms with Gasteiger partial charge < -0.3 is 24.3 Å². The Bertz CT molecular complexity index is 418. The molecule has 1 aromatic rings. The first kappa shape index (κ1) is 13.3. The molecule has 0 saturated heterocycles. The largest absolute Gasteiger partial charge is 0.493 e. The maximum atomic E-state index is 10.9. The van der Waals surface area contributed by atoms with E-state index in [1.165, 1.54) is 27.4 Å². The molecule has 0 heterocycles. The van der Waals surface area contributed by atoms with Crippen LogP contribution in [0.3, 0.4) is 0 Å². The van der Waals surface area contributed by atoms with Crippen molar-refractivity contribution < 1.29 is 29.1 Å². The fraction of sp³-hybridized carbons (Fsp3) is 0.300. The van der Waals surface area contributed by atoms with Gasteiger partial charge in [-0.3, -0.25) is 4.79 Å². The van der Waals surface area contributed by atoms with E-state index in [-0.39, 0.29) is 28.3 Å². The van der Waals surface area contributed by atoms with E-state index >= 15 is 0 Å². The van der Waals surface area contributed by atoms with E-state index in [1.807, 2.05) is 0 Å². The number of aldehydes is 1. The van der Waals surface area contributed by atoms with Crippen LogP contribution in [-0.4, -0.2) is 44.8 Å². The number of hydrogen-bond acceptors (Lipinski definition) is 6. The first-order valence-corrected chi connectivity index (χ1v) is 4.74. The van der Waals surface area contributed by atoms with Gasteiger partial charge in [0.15, 0.2) is 17.8 Å². The molecule has 6 nitrogen and oxygen atoms in total. The highest BCUT2D eigenvalue weighted by molar-refractivity contribution is 6.60. The standard InChI is InChI=1S/C10H13BO6/c1-15-8-6(5-12)4-7(11(13)14)9(16-2)10(8)17-3/h4-5,13-14H,1-3H3. The third kappa shape index (κ3) is 2.35. The number of ether oxygens (including phenoxy) is 3. The highest BCUT2D eigenvalue weighted by Crippen LogP contribution is 2.37. The van der Waals surface area contributed by atoms with Crippen LogP contribution >= 0.6 is 0 Å². The maximum absolute atomic E-state index is 10.9. The number of carbonyl (C=O) groups is 1. The monoisotopic (exact) mass is 240 g/mol. The van der Waals surface area contributed by atoms with Crippen LogP contribution < -0.4 is 19.7 Å². The van der Waals surface area contributed by atoms with Crippen molar-refractivity contribution in [2.45, 2.75) is 0 Å². The van der Waals surface area contributed by atoms with Gasteiger partial charge in [-0.05, 0) is 6.07 Å². The summed E-state index contributed by atoms with van der Waals surface area (Å²) >= 11 is 0. The molecule has 1 aromatic carbocycles. The van der Waals surface area contributed by atoms with Crippen LogP contribution in [0.1, 0.15) is 10.4 Å². The predicted octanol–water partition coefficient (Wildman–Crippen LogP) is -0.795. The minimum Gasteiger partial charge on any atom is -0.493 e. The molecule has 0 aliphatic heterocycles. The van der Waals surface area contributed by atoms with Crippen molar-refractivity contribution in [2.75, 3.05) is 21.3 Å². The zero-order chi connectivity index (χ0) is 13.0. The van der Waals surface area contributed by atoms with Crippen LogP contribution in [0.5, 0.6) is 17.2 Å². The molecule has 1 rings (SSSR count). The Hall–Kier alpha value is -1.73. The topological polar surface area (TPSA) is 85.2 Å². The molecule has 0 spiro atoms. The molecule has 0 aromatic heterocycles. The summed E-state index contributed by atoms with van der Waals surface area (Å²) < 4.78 is 15.1. The lowest BCUT2D eigenvalue weighted by Crippen LogP contribution is -2.32. The van der Waals surface area contributed by atoms with Gasteiger partial charge >= 0.3 is 7.12 Å². The van der Waals surface area contributed by atoms with Crippen molar-refractivity contribution in [1.29, 1.82) is 0 Å². The molecule has 2 N–H and O–H groups in total. The lowest BCUT2D eigenvalue weighted by Gasteiger charge is -2.17. The fourth-order valence-corrected chi connectivity index (χ4v) is 1.55. The van der Waals surface area contributed by atoms with Crippen molar-refractivity contribution >= 4 is 18.9 Å². The zero-order valence-corrected chi connectivity index (χ0v) is 9.76. The molecule has 0 aliphatic rings. The van der Waals surface area contributed by atoms with Gasteiger partial charge in [0, 0.05) is 5.46 Å². The summed E-state index contributed by atoms with van der Waals surface area (Å²) in [5.74, 6) is 0.441. The SMILES string of the molecule is COc1c(C=O)cc(B(O)O)c(OC)c1OC. The van der Waals surface area contributed by atoms with Gasteiger partial charge in [-0.15, -0.1) is 0 Å². The third-order valence-electron chi connectivity index (χ3n) is 2.27. The van der Waals surface area contributed by atoms with Crippen LogP contribution in [-0.2, 0) is 0 Å². The van der Waals surface area contributed by atoms with Crippen molar-refractivity contribution in [3.8, 4) is 17.2 Å². The Kier molecular flexibility index (Phi) is 4.36. The summed E-state index contributed by atoms with van der Waals surface area (Å²) in [6.45, 7) is 0. The maximum Gasteiger partial charge on any atom is 0.492 e. The van der Waals surface area contributed by atoms with Crippen molar-refractivity contribution in [1.82, 2.24) is 0 Å². The lowest BCUT2D eigenvalue weighted by atomic mass is 9.78. The van der Waals surface area contributed by atoms with Gasteiger partial charge in [0.1, 0.15) is 0 Å². The average molecular weight is 240 g/mol. The smallest absolute Gasteiger partial charge is 0.492 e. The molecule has 92 valence electrons. The van der Waals surface area contributed by atoms with E-state index in [2.05, 4.69) is 0 Å². The number of hydrogen-bond donors (Lipinski definition) is 2. The Labute approximate surface area is 98.9 Å². The Balaban J connectivity index is 3.60. The predicted molar refractivity (Wildman–Crippen MR) is 61.3 cm³/mol. The Morgan fingerprint density at radius 1 is 1.06 bits per heavy atom. The highest BCUT2D eigenvalue weighted by Gasteiger charge is 2.26. The zero-order valence-electron chi connectivity index (χ0n) is 9.76. The number of methoxy groups -OCH3 is 3. The van der Waals surface area contributed by atoms with E-state index in [1.54, 1.807) is 0 Å². The Morgan fingerprint density at radius 2 is 1.59 bits per heavy atom. The molecule has 0 aliphatic carbocycles. The summed E-state index contributed by atoms with van der Waals surface area (Å²) in [6.07, 6.45) is 0.534. The second-order valence-electron chi connectivity index (χ2n) is 3.15. The number of carbonyl (C=O) groups excluding carboxylic acids is 1. The molecular weight excluding hydrogens is 227 g/mol. The van der Waals surface area contributed by atoms with Gasteiger partial charge in [-0.2, -0.15) is 0 Å². The van der Waals surface area contributed by atoms with E-state index in [0.717, 1.165) is 0 Å². The first-order chi connectivity index (χ1) is 8.10. The molecular formula is C10H13BO6. The van der Waals surface area contributed by atoms with E-state index in [0.29, 0.717) is 6.29 Å². The Morgan fingerprint density at radius 3 is 1.94 bits per heavy atom. The normalized spacial score (nSPS) is 9.71. The molecule has 0 atom stereocenters. The molecule has 0 amide bonds. The summed E-state index contributed by atoms with van der Waals surface area (Å²) in [7, 11) is 2.31. The van der Waals surface area contributed by atoms with Crippen LogP contribution in [0, 0.1) is 0 Å². The van der Waals surface area contributed by atoms with Gasteiger partial charge in [0.2, 0.25) is 5.75 Å². The van der Waals surface area contributed by atoms with E-state index in [4.69, 9.17) is 14.2 Å². The second kappa shape index (κ2) is 5.56. The molecule has 0 fully saturated rings. The van der Waals surface area contributed by atoms with E-state index in [9.17, 15) is 14.8 Å². The first-order valence-electron chi connectivity index (χ1n) is 4.74. The summed E-state index contributed by atoms with van der Waals surface area (Å²) in [5, 5.41) is 18.4. The second-order valence-corrected chi connectivity index (χ2v) is 3.15. The fourth-order valence-electron chi connectivity index (χ4n) is 1.55. The number of rotatable bonds is 5. The van der Waals surface area contributed by atoms with Crippen molar-refractivity contribution in [2.24, 2.45) is 0 Å². The summed E-state index contributed by atoms with van der Waals surface area (Å²) in [6, 6.07) is 1.28. The molecule has 0 unspecified atom stereocenters. The minimum absolute atomic E-state index is 0.0345. The van der Waals surface area contributed by atoms with E-state index < -0.39 is 7.12 Å². The van der Waals surface area contributed by atoms with Crippen LogP contribution in [0.2, 0.25) is 0 Å². The van der Waals surface area contributed by atoms with Crippen LogP contribution in [0.15, 0.2) is 6.07 Å². The molecule has 0 bridgehead atoms. The number of benzene rings is 1. The van der Waals surface area contributed by atoms with Gasteiger partial charge in [-0.1, -0.05) is 0 Å². The third-order valence-corrected chi connectivity index (χ3v) is 2.27. The van der Waals surface area contributed by atoms with Crippen LogP contribution in [0.25, 0.3) is 0 Å². The van der Waals surface area contributed by atoms with Gasteiger partial charge in [0.05, 0.1) is 26.9 Å². The lowest BCUT2D eigenvalue weighted by molar-refractivity contribution is 0.112. The van der Waals surface area contributed by atoms with Gasteiger partial charge in [0.25, 0.3) is 0 Å². The molecule has 0 saturated carbocycles. The summed E-state index contributed by atoms with van der Waals surface area (Å²) in [4.78, 5) is 10.9. The van der Waals surface area contributed by atoms with Crippen LogP contribution in [0.4, 0.5) is 0 Å². The quantitative estimate of drug-likeness (QED) is 0.518. The molecule has 7 heteroatoms. The average Bonchev–Trinajstić information content (AvgIpc) is 2.35. The molecule has 17 heavy (non-hydrogen) atoms. The van der Waals surface area contributed by atoms with Crippen molar-refractivity contribution in [3.05, 3.63) is 11.6 Å². The molecule has 0 radical (unpaired) electrons. The summed E-state index contributed by atoms with van der Waals surface area (Å²) in [5.41, 5.74) is 0.181. The van der Waals surface area contributed by atoms with Gasteiger partial charge in [-0.25, -0.2) is 0 Å². The minimum atomic E-state index is -1.77. The van der Waals surface area contributed by atoms with Crippen molar-refractivity contribution in [3.63, 3.8) is 0 Å².